The molecule has 5 nitrogen and oxygen atoms in total. The third-order valence-electron chi connectivity index (χ3n) is 6.39. The number of aromatic nitrogens is 2. The molecular formula is C28H28N4O. The molecule has 5 heteroatoms. The third kappa shape index (κ3) is 4.78. The summed E-state index contributed by atoms with van der Waals surface area (Å²) in [7, 11) is 0. The van der Waals surface area contributed by atoms with Crippen molar-refractivity contribution < 1.29 is 4.79 Å². The van der Waals surface area contributed by atoms with E-state index in [1.807, 2.05) is 61.5 Å². The van der Waals surface area contributed by atoms with Crippen molar-refractivity contribution in [1.29, 1.82) is 0 Å². The average molecular weight is 437 g/mol. The van der Waals surface area contributed by atoms with E-state index in [4.69, 9.17) is 0 Å². The lowest BCUT2D eigenvalue weighted by Crippen LogP contribution is -2.44. The van der Waals surface area contributed by atoms with Crippen LogP contribution < -0.4 is 5.32 Å². The first-order chi connectivity index (χ1) is 16.2. The Morgan fingerprint density at radius 3 is 2.36 bits per heavy atom. The number of carbonyl (C=O) groups excluding carboxylic acids is 1. The van der Waals surface area contributed by atoms with Gasteiger partial charge in [-0.2, -0.15) is 0 Å². The maximum atomic E-state index is 13.6. The Hall–Kier alpha value is -3.57. The van der Waals surface area contributed by atoms with Crippen molar-refractivity contribution >= 4 is 16.8 Å². The number of rotatable bonds is 5. The van der Waals surface area contributed by atoms with Gasteiger partial charge in [-0.15, -0.1) is 10.2 Å². The molecule has 1 amide bonds. The van der Waals surface area contributed by atoms with Crippen LogP contribution in [0.5, 0.6) is 0 Å². The maximum Gasteiger partial charge on any atom is 0.254 e. The van der Waals surface area contributed by atoms with E-state index in [1.54, 1.807) is 0 Å². The van der Waals surface area contributed by atoms with Crippen molar-refractivity contribution in [3.05, 3.63) is 95.6 Å². The lowest BCUT2D eigenvalue weighted by Gasteiger charge is -2.32. The first-order valence-electron chi connectivity index (χ1n) is 11.6. The van der Waals surface area contributed by atoms with Gasteiger partial charge in [0.05, 0.1) is 11.1 Å². The summed E-state index contributed by atoms with van der Waals surface area (Å²) in [5, 5.41) is 13.0. The van der Waals surface area contributed by atoms with Crippen LogP contribution in [0.3, 0.4) is 0 Å². The molecule has 33 heavy (non-hydrogen) atoms. The largest absolute Gasteiger partial charge is 0.349 e. The number of carbonyl (C=O) groups is 1. The number of nitrogens with one attached hydrogen (secondary N) is 1. The number of aryl methyl sites for hydroxylation is 1. The van der Waals surface area contributed by atoms with Crippen LogP contribution in [0.4, 0.5) is 0 Å². The van der Waals surface area contributed by atoms with Crippen molar-refractivity contribution in [2.75, 3.05) is 13.1 Å². The van der Waals surface area contributed by atoms with E-state index in [9.17, 15) is 4.79 Å². The van der Waals surface area contributed by atoms with E-state index in [2.05, 4.69) is 44.7 Å². The van der Waals surface area contributed by atoms with Gasteiger partial charge in [-0.1, -0.05) is 78.4 Å². The van der Waals surface area contributed by atoms with Crippen LogP contribution in [-0.4, -0.2) is 40.1 Å². The molecule has 0 atom stereocenters. The van der Waals surface area contributed by atoms with Gasteiger partial charge in [0.1, 0.15) is 5.69 Å². The third-order valence-corrected chi connectivity index (χ3v) is 6.39. The van der Waals surface area contributed by atoms with Crippen molar-refractivity contribution in [2.24, 2.45) is 0 Å². The van der Waals surface area contributed by atoms with Crippen LogP contribution in [-0.2, 0) is 6.54 Å². The summed E-state index contributed by atoms with van der Waals surface area (Å²) in [6.45, 7) is 4.95. The van der Waals surface area contributed by atoms with Gasteiger partial charge in [-0.3, -0.25) is 9.69 Å². The predicted octanol–water partition coefficient (Wildman–Crippen LogP) is 5.00. The molecule has 2 heterocycles. The minimum Gasteiger partial charge on any atom is -0.349 e. The Morgan fingerprint density at radius 1 is 0.909 bits per heavy atom. The average Bonchev–Trinajstić information content (AvgIpc) is 2.85. The number of fused-ring (bicyclic) bond motifs is 1. The topological polar surface area (TPSA) is 58.1 Å². The molecule has 0 aliphatic carbocycles. The van der Waals surface area contributed by atoms with Crippen LogP contribution in [0.1, 0.15) is 34.3 Å². The molecule has 0 bridgehead atoms. The van der Waals surface area contributed by atoms with Crippen molar-refractivity contribution in [2.45, 2.75) is 32.4 Å². The molecule has 3 aromatic carbocycles. The monoisotopic (exact) mass is 436 g/mol. The zero-order chi connectivity index (χ0) is 22.6. The number of piperidine rings is 1. The van der Waals surface area contributed by atoms with E-state index < -0.39 is 0 Å². The number of hydrogen-bond acceptors (Lipinski definition) is 4. The van der Waals surface area contributed by atoms with Crippen LogP contribution in [0.2, 0.25) is 0 Å². The van der Waals surface area contributed by atoms with Gasteiger partial charge in [0, 0.05) is 36.6 Å². The maximum absolute atomic E-state index is 13.6. The molecule has 0 spiro atoms. The minimum atomic E-state index is -0.0711. The summed E-state index contributed by atoms with van der Waals surface area (Å²) < 4.78 is 0. The molecule has 4 aromatic rings. The Labute approximate surface area is 194 Å². The van der Waals surface area contributed by atoms with Crippen molar-refractivity contribution in [3.8, 4) is 11.3 Å². The summed E-state index contributed by atoms with van der Waals surface area (Å²) >= 11 is 0. The first-order valence-corrected chi connectivity index (χ1v) is 11.6. The van der Waals surface area contributed by atoms with Gasteiger partial charge in [0.25, 0.3) is 5.91 Å². The molecule has 0 unspecified atom stereocenters. The van der Waals surface area contributed by atoms with Gasteiger partial charge >= 0.3 is 0 Å². The highest BCUT2D eigenvalue weighted by atomic mass is 16.1. The lowest BCUT2D eigenvalue weighted by atomic mass is 9.99. The van der Waals surface area contributed by atoms with Gasteiger partial charge in [0.15, 0.2) is 0 Å². The molecule has 1 N–H and O–H groups in total. The van der Waals surface area contributed by atoms with Crippen LogP contribution in [0.25, 0.3) is 22.2 Å². The lowest BCUT2D eigenvalue weighted by molar-refractivity contribution is 0.0911. The molecule has 0 saturated carbocycles. The Kier molecular flexibility index (Phi) is 6.13. The van der Waals surface area contributed by atoms with E-state index in [-0.39, 0.29) is 11.9 Å². The number of likely N-dealkylation sites (tertiary alicyclic amines) is 1. The highest BCUT2D eigenvalue weighted by molar-refractivity contribution is 6.10. The van der Waals surface area contributed by atoms with Gasteiger partial charge in [-0.05, 0) is 31.4 Å². The molecular weight excluding hydrogens is 408 g/mol. The molecule has 166 valence electrons. The number of amides is 1. The van der Waals surface area contributed by atoms with E-state index in [0.29, 0.717) is 11.3 Å². The molecule has 1 aliphatic rings. The highest BCUT2D eigenvalue weighted by Crippen LogP contribution is 2.28. The quantitative estimate of drug-likeness (QED) is 0.478. The molecule has 1 fully saturated rings. The smallest absolute Gasteiger partial charge is 0.254 e. The molecule has 0 radical (unpaired) electrons. The standard InChI is InChI=1S/C28H28N4O/c1-20-11-13-22(14-12-20)27-26(24-9-5-6-10-25(24)30-31-27)28(33)29-23-15-17-32(18-16-23)19-21-7-3-2-4-8-21/h2-14,23H,15-19H2,1H3,(H,29,33). The summed E-state index contributed by atoms with van der Waals surface area (Å²) in [5.74, 6) is -0.0711. The minimum absolute atomic E-state index is 0.0711. The van der Waals surface area contributed by atoms with Gasteiger partial charge in [-0.25, -0.2) is 0 Å². The SMILES string of the molecule is Cc1ccc(-c2nnc3ccccc3c2C(=O)NC2CCN(Cc3ccccc3)CC2)cc1. The summed E-state index contributed by atoms with van der Waals surface area (Å²) in [6.07, 6.45) is 1.88. The van der Waals surface area contributed by atoms with Gasteiger partial charge in [0.2, 0.25) is 0 Å². The fourth-order valence-electron chi connectivity index (χ4n) is 4.53. The second kappa shape index (κ2) is 9.51. The van der Waals surface area contributed by atoms with E-state index >= 15 is 0 Å². The van der Waals surface area contributed by atoms with E-state index in [0.717, 1.165) is 48.9 Å². The number of hydrogen-bond donors (Lipinski definition) is 1. The zero-order valence-corrected chi connectivity index (χ0v) is 18.9. The van der Waals surface area contributed by atoms with E-state index in [1.165, 1.54) is 11.1 Å². The Bertz CT molecular complexity index is 1250. The fourth-order valence-corrected chi connectivity index (χ4v) is 4.53. The van der Waals surface area contributed by atoms with Crippen LogP contribution >= 0.6 is 0 Å². The molecule has 5 rings (SSSR count). The molecule has 1 aromatic heterocycles. The Morgan fingerprint density at radius 2 is 1.61 bits per heavy atom. The molecule has 1 saturated heterocycles. The van der Waals surface area contributed by atoms with Gasteiger partial charge < -0.3 is 5.32 Å². The van der Waals surface area contributed by atoms with Crippen molar-refractivity contribution in [3.63, 3.8) is 0 Å². The second-order valence-corrected chi connectivity index (χ2v) is 8.82. The first kappa shape index (κ1) is 21.3. The van der Waals surface area contributed by atoms with Crippen LogP contribution in [0, 0.1) is 6.92 Å². The number of benzene rings is 3. The highest BCUT2D eigenvalue weighted by Gasteiger charge is 2.24. The van der Waals surface area contributed by atoms with Crippen molar-refractivity contribution in [1.82, 2.24) is 20.4 Å². The predicted molar refractivity (Wildman–Crippen MR) is 132 cm³/mol. The summed E-state index contributed by atoms with van der Waals surface area (Å²) in [6, 6.07) is 26.5. The fraction of sp³-hybridized carbons (Fsp3) is 0.250. The van der Waals surface area contributed by atoms with Crippen LogP contribution in [0.15, 0.2) is 78.9 Å². The summed E-state index contributed by atoms with van der Waals surface area (Å²) in [5.41, 5.74) is 5.37. The summed E-state index contributed by atoms with van der Waals surface area (Å²) in [4.78, 5) is 16.0. The Balaban J connectivity index is 1.35. The molecule has 1 aliphatic heterocycles. The number of nitrogens with zero attached hydrogens (tertiary/aromatic N) is 3. The normalized spacial score (nSPS) is 14.9. The zero-order valence-electron chi connectivity index (χ0n) is 18.9. The second-order valence-electron chi connectivity index (χ2n) is 8.82.